The molecule has 0 aromatic heterocycles. The fraction of sp³-hybridized carbons (Fsp3) is 0.625. The van der Waals surface area contributed by atoms with Gasteiger partial charge in [-0.2, -0.15) is 0 Å². The van der Waals surface area contributed by atoms with Crippen LogP contribution in [-0.4, -0.2) is 19.6 Å². The molecule has 1 fully saturated rings. The first-order valence-corrected chi connectivity index (χ1v) is 7.39. The van der Waals surface area contributed by atoms with Crippen LogP contribution >= 0.6 is 0 Å². The van der Waals surface area contributed by atoms with Crippen molar-refractivity contribution in [2.45, 2.75) is 51.6 Å². The van der Waals surface area contributed by atoms with E-state index in [9.17, 15) is 4.39 Å². The highest BCUT2D eigenvalue weighted by molar-refractivity contribution is 5.50. The highest BCUT2D eigenvalue weighted by atomic mass is 19.1. The summed E-state index contributed by atoms with van der Waals surface area (Å²) in [6, 6.07) is 6.35. The van der Waals surface area contributed by atoms with Crippen molar-refractivity contribution in [3.05, 3.63) is 29.6 Å². The van der Waals surface area contributed by atoms with E-state index in [1.165, 1.54) is 25.7 Å². The lowest BCUT2D eigenvalue weighted by Crippen LogP contribution is -2.29. The van der Waals surface area contributed by atoms with Crippen LogP contribution in [0.2, 0.25) is 0 Å². The van der Waals surface area contributed by atoms with Gasteiger partial charge in [-0.3, -0.25) is 0 Å². The smallest absolute Gasteiger partial charge is 0.146 e. The van der Waals surface area contributed by atoms with Crippen LogP contribution in [0, 0.1) is 5.82 Å². The number of nitrogens with one attached hydrogen (secondary N) is 1. The maximum Gasteiger partial charge on any atom is 0.146 e. The molecule has 106 valence electrons. The minimum atomic E-state index is -0.100. The molecule has 3 heteroatoms. The van der Waals surface area contributed by atoms with Gasteiger partial charge in [-0.05, 0) is 44.0 Å². The van der Waals surface area contributed by atoms with Crippen molar-refractivity contribution in [2.24, 2.45) is 0 Å². The second-order valence-corrected chi connectivity index (χ2v) is 5.54. The Kier molecular flexibility index (Phi) is 4.81. The molecule has 1 N–H and O–H groups in total. The predicted octanol–water partition coefficient (Wildman–Crippen LogP) is 3.88. The van der Waals surface area contributed by atoms with Gasteiger partial charge in [0.15, 0.2) is 0 Å². The standard InChI is InChI=1S/C16H25FN2/c1-4-18-12(2)13-9-10-16(15(17)11-13)19(3)14-7-5-6-8-14/h9-12,14,18H,4-8H2,1-3H3. The summed E-state index contributed by atoms with van der Waals surface area (Å²) in [6.45, 7) is 5.03. The average molecular weight is 264 g/mol. The number of halogens is 1. The lowest BCUT2D eigenvalue weighted by Gasteiger charge is -2.27. The van der Waals surface area contributed by atoms with Gasteiger partial charge in [0.2, 0.25) is 0 Å². The van der Waals surface area contributed by atoms with Crippen LogP contribution in [-0.2, 0) is 0 Å². The molecule has 0 radical (unpaired) electrons. The predicted molar refractivity (Wildman–Crippen MR) is 79.2 cm³/mol. The Morgan fingerprint density at radius 1 is 1.37 bits per heavy atom. The van der Waals surface area contributed by atoms with Gasteiger partial charge in [0.05, 0.1) is 5.69 Å². The zero-order valence-electron chi connectivity index (χ0n) is 12.2. The quantitative estimate of drug-likeness (QED) is 0.868. The Morgan fingerprint density at radius 2 is 2.05 bits per heavy atom. The van der Waals surface area contributed by atoms with Crippen molar-refractivity contribution >= 4 is 5.69 Å². The monoisotopic (exact) mass is 264 g/mol. The molecule has 1 aliphatic carbocycles. The summed E-state index contributed by atoms with van der Waals surface area (Å²) in [5.41, 5.74) is 1.75. The third kappa shape index (κ3) is 3.27. The molecule has 0 saturated heterocycles. The lowest BCUT2D eigenvalue weighted by molar-refractivity contribution is 0.573. The number of benzene rings is 1. The van der Waals surface area contributed by atoms with Crippen molar-refractivity contribution in [3.63, 3.8) is 0 Å². The molecular weight excluding hydrogens is 239 g/mol. The molecule has 2 nitrogen and oxygen atoms in total. The molecule has 0 bridgehead atoms. The van der Waals surface area contributed by atoms with Crippen molar-refractivity contribution in [1.82, 2.24) is 5.32 Å². The summed E-state index contributed by atoms with van der Waals surface area (Å²) in [4.78, 5) is 2.12. The molecule has 0 heterocycles. The molecule has 1 atom stereocenters. The molecule has 1 saturated carbocycles. The van der Waals surface area contributed by atoms with E-state index in [2.05, 4.69) is 24.1 Å². The first-order chi connectivity index (χ1) is 9.13. The van der Waals surface area contributed by atoms with Crippen LogP contribution in [0.4, 0.5) is 10.1 Å². The fourth-order valence-corrected chi connectivity index (χ4v) is 2.99. The van der Waals surface area contributed by atoms with Crippen LogP contribution in [0.5, 0.6) is 0 Å². The van der Waals surface area contributed by atoms with Crippen molar-refractivity contribution in [1.29, 1.82) is 0 Å². The lowest BCUT2D eigenvalue weighted by atomic mass is 10.1. The normalized spacial score (nSPS) is 17.7. The summed E-state index contributed by atoms with van der Waals surface area (Å²) in [6.07, 6.45) is 4.91. The molecular formula is C16H25FN2. The minimum Gasteiger partial charge on any atom is -0.369 e. The second-order valence-electron chi connectivity index (χ2n) is 5.54. The van der Waals surface area contributed by atoms with E-state index in [4.69, 9.17) is 0 Å². The molecule has 0 spiro atoms. The third-order valence-corrected chi connectivity index (χ3v) is 4.23. The minimum absolute atomic E-state index is 0.100. The largest absolute Gasteiger partial charge is 0.369 e. The van der Waals surface area contributed by atoms with Crippen molar-refractivity contribution in [2.75, 3.05) is 18.5 Å². The zero-order valence-corrected chi connectivity index (χ0v) is 12.2. The SMILES string of the molecule is CCNC(C)c1ccc(N(C)C2CCCC2)c(F)c1. The van der Waals surface area contributed by atoms with E-state index in [0.717, 1.165) is 17.8 Å². The van der Waals surface area contributed by atoms with Gasteiger partial charge in [-0.25, -0.2) is 4.39 Å². The molecule has 0 aliphatic heterocycles. The van der Waals surface area contributed by atoms with E-state index in [1.807, 2.05) is 19.2 Å². The molecule has 2 rings (SSSR count). The maximum atomic E-state index is 14.3. The first kappa shape index (κ1) is 14.3. The van der Waals surface area contributed by atoms with Crippen LogP contribution in [0.25, 0.3) is 0 Å². The van der Waals surface area contributed by atoms with Crippen molar-refractivity contribution < 1.29 is 4.39 Å². The third-order valence-electron chi connectivity index (χ3n) is 4.23. The number of rotatable bonds is 5. The number of hydrogen-bond donors (Lipinski definition) is 1. The zero-order chi connectivity index (χ0) is 13.8. The Morgan fingerprint density at radius 3 is 2.63 bits per heavy atom. The molecule has 19 heavy (non-hydrogen) atoms. The highest BCUT2D eigenvalue weighted by Crippen LogP contribution is 2.29. The van der Waals surface area contributed by atoms with E-state index in [0.29, 0.717) is 6.04 Å². The number of nitrogens with zero attached hydrogens (tertiary/aromatic N) is 1. The van der Waals surface area contributed by atoms with Gasteiger partial charge in [0, 0.05) is 19.1 Å². The Balaban J connectivity index is 2.14. The first-order valence-electron chi connectivity index (χ1n) is 7.39. The van der Waals surface area contributed by atoms with E-state index >= 15 is 0 Å². The van der Waals surface area contributed by atoms with E-state index in [1.54, 1.807) is 6.07 Å². The Bertz CT molecular complexity index is 413. The van der Waals surface area contributed by atoms with Crippen LogP contribution < -0.4 is 10.2 Å². The van der Waals surface area contributed by atoms with Gasteiger partial charge >= 0.3 is 0 Å². The average Bonchev–Trinajstić information content (AvgIpc) is 2.92. The summed E-state index contributed by atoms with van der Waals surface area (Å²) in [5.74, 6) is -0.100. The van der Waals surface area contributed by atoms with Gasteiger partial charge in [-0.15, -0.1) is 0 Å². The topological polar surface area (TPSA) is 15.3 Å². The number of hydrogen-bond acceptors (Lipinski definition) is 2. The van der Waals surface area contributed by atoms with Crippen molar-refractivity contribution in [3.8, 4) is 0 Å². The maximum absolute atomic E-state index is 14.3. The molecule has 1 unspecified atom stereocenters. The van der Waals surface area contributed by atoms with E-state index < -0.39 is 0 Å². The van der Waals surface area contributed by atoms with Gasteiger partial charge < -0.3 is 10.2 Å². The van der Waals surface area contributed by atoms with Crippen LogP contribution in [0.15, 0.2) is 18.2 Å². The van der Waals surface area contributed by atoms with Gasteiger partial charge in [0.1, 0.15) is 5.82 Å². The fourth-order valence-electron chi connectivity index (χ4n) is 2.99. The Hall–Kier alpha value is -1.09. The second kappa shape index (κ2) is 6.38. The Labute approximate surface area is 116 Å². The highest BCUT2D eigenvalue weighted by Gasteiger charge is 2.22. The van der Waals surface area contributed by atoms with Gasteiger partial charge in [-0.1, -0.05) is 25.8 Å². The summed E-state index contributed by atoms with van der Waals surface area (Å²) in [5, 5.41) is 3.31. The number of anilines is 1. The van der Waals surface area contributed by atoms with Gasteiger partial charge in [0.25, 0.3) is 0 Å². The van der Waals surface area contributed by atoms with Crippen LogP contribution in [0.1, 0.15) is 51.1 Å². The van der Waals surface area contributed by atoms with E-state index in [-0.39, 0.29) is 11.9 Å². The molecule has 0 amide bonds. The molecule has 1 aliphatic rings. The molecule has 1 aromatic rings. The summed E-state index contributed by atoms with van der Waals surface area (Å²) < 4.78 is 14.3. The summed E-state index contributed by atoms with van der Waals surface area (Å²) in [7, 11) is 2.02. The molecule has 1 aromatic carbocycles. The van der Waals surface area contributed by atoms with Crippen LogP contribution in [0.3, 0.4) is 0 Å². The summed E-state index contributed by atoms with van der Waals surface area (Å²) >= 11 is 0.